The number of aromatic nitrogens is 5. The Labute approximate surface area is 160 Å². The minimum absolute atomic E-state index is 0.533. The highest BCUT2D eigenvalue weighted by atomic mass is 35.5. The van der Waals surface area contributed by atoms with Gasteiger partial charge >= 0.3 is 0 Å². The zero-order valence-electron chi connectivity index (χ0n) is 14.0. The van der Waals surface area contributed by atoms with E-state index in [1.807, 2.05) is 29.9 Å². The van der Waals surface area contributed by atoms with Gasteiger partial charge in [0, 0.05) is 25.5 Å². The predicted octanol–water partition coefficient (Wildman–Crippen LogP) is 4.31. The Bertz CT molecular complexity index is 893. The van der Waals surface area contributed by atoms with Crippen molar-refractivity contribution >= 4 is 35.0 Å². The van der Waals surface area contributed by atoms with E-state index in [1.54, 1.807) is 29.6 Å². The van der Waals surface area contributed by atoms with E-state index < -0.39 is 0 Å². The van der Waals surface area contributed by atoms with Gasteiger partial charge in [-0.2, -0.15) is 0 Å². The van der Waals surface area contributed by atoms with Gasteiger partial charge in [-0.3, -0.25) is 4.68 Å². The van der Waals surface area contributed by atoms with E-state index in [0.29, 0.717) is 15.9 Å². The molecular weight excluding hydrogens is 381 g/mol. The number of halogens is 2. The third-order valence-corrected chi connectivity index (χ3v) is 5.39. The number of ether oxygens (including phenoxy) is 1. The number of nitrogens with zero attached hydrogens (tertiary/aromatic N) is 5. The summed E-state index contributed by atoms with van der Waals surface area (Å²) < 4.78 is 9.08. The lowest BCUT2D eigenvalue weighted by molar-refractivity contribution is 0.393. The molecule has 0 aliphatic rings. The van der Waals surface area contributed by atoms with Gasteiger partial charge in [0.05, 0.1) is 17.2 Å². The molecule has 0 aliphatic carbocycles. The molecule has 0 atom stereocenters. The molecule has 0 unspecified atom stereocenters. The van der Waals surface area contributed by atoms with E-state index in [1.165, 1.54) is 0 Å². The third kappa shape index (κ3) is 3.78. The maximum absolute atomic E-state index is 6.08. The zero-order chi connectivity index (χ0) is 18.0. The zero-order valence-corrected chi connectivity index (χ0v) is 16.4. The van der Waals surface area contributed by atoms with Gasteiger partial charge < -0.3 is 9.30 Å². The summed E-state index contributed by atoms with van der Waals surface area (Å²) in [5.74, 6) is 1.99. The van der Waals surface area contributed by atoms with Crippen molar-refractivity contribution < 1.29 is 4.74 Å². The number of benzene rings is 1. The molecule has 0 bridgehead atoms. The van der Waals surface area contributed by atoms with E-state index in [0.717, 1.165) is 34.4 Å². The Balaban J connectivity index is 1.85. The second-order valence-corrected chi connectivity index (χ2v) is 7.07. The van der Waals surface area contributed by atoms with Gasteiger partial charge in [0.2, 0.25) is 5.88 Å². The third-order valence-electron chi connectivity index (χ3n) is 3.61. The van der Waals surface area contributed by atoms with E-state index in [-0.39, 0.29) is 0 Å². The van der Waals surface area contributed by atoms with E-state index in [4.69, 9.17) is 27.9 Å². The average Bonchev–Trinajstić information content (AvgIpc) is 3.18. The Kier molecular flexibility index (Phi) is 5.56. The standard InChI is InChI=1S/C16H17Cl2N5OS/c1-4-23-14(11-8-22(2)21-15(11)24-3)19-20-16(23)25-9-10-5-6-12(17)13(18)7-10/h5-8H,4,9H2,1-3H3. The van der Waals surface area contributed by atoms with Crippen LogP contribution in [0.4, 0.5) is 0 Å². The molecule has 25 heavy (non-hydrogen) atoms. The van der Waals surface area contributed by atoms with Crippen molar-refractivity contribution in [3.8, 4) is 17.3 Å². The second-order valence-electron chi connectivity index (χ2n) is 5.31. The molecular formula is C16H17Cl2N5OS. The molecule has 3 rings (SSSR count). The molecule has 0 N–H and O–H groups in total. The minimum atomic E-state index is 0.533. The molecule has 0 aliphatic heterocycles. The number of hydrogen-bond donors (Lipinski definition) is 0. The molecule has 2 aromatic heterocycles. The van der Waals surface area contributed by atoms with Gasteiger partial charge in [-0.15, -0.1) is 15.3 Å². The van der Waals surface area contributed by atoms with Crippen LogP contribution in [0, 0.1) is 0 Å². The number of aryl methyl sites for hydroxylation is 1. The van der Waals surface area contributed by atoms with Crippen LogP contribution in [0.2, 0.25) is 10.0 Å². The van der Waals surface area contributed by atoms with Gasteiger partial charge in [0.25, 0.3) is 0 Å². The normalized spacial score (nSPS) is 11.1. The first-order valence-electron chi connectivity index (χ1n) is 7.61. The molecule has 0 fully saturated rings. The van der Waals surface area contributed by atoms with Gasteiger partial charge in [-0.1, -0.05) is 41.0 Å². The van der Waals surface area contributed by atoms with E-state index >= 15 is 0 Å². The number of thioether (sulfide) groups is 1. The molecule has 0 spiro atoms. The number of methoxy groups -OCH3 is 1. The first-order valence-corrected chi connectivity index (χ1v) is 9.35. The van der Waals surface area contributed by atoms with Gasteiger partial charge in [-0.05, 0) is 24.6 Å². The molecule has 2 heterocycles. The van der Waals surface area contributed by atoms with Crippen LogP contribution >= 0.6 is 35.0 Å². The van der Waals surface area contributed by atoms with Crippen molar-refractivity contribution in [2.45, 2.75) is 24.4 Å². The summed E-state index contributed by atoms with van der Waals surface area (Å²) in [4.78, 5) is 0. The molecule has 9 heteroatoms. The fourth-order valence-electron chi connectivity index (χ4n) is 2.43. The number of hydrogen-bond acceptors (Lipinski definition) is 5. The van der Waals surface area contributed by atoms with Gasteiger partial charge in [0.15, 0.2) is 11.0 Å². The fraction of sp³-hybridized carbons (Fsp3) is 0.312. The molecule has 0 radical (unpaired) electrons. The monoisotopic (exact) mass is 397 g/mol. The molecule has 0 saturated heterocycles. The highest BCUT2D eigenvalue weighted by molar-refractivity contribution is 7.98. The molecule has 0 amide bonds. The fourth-order valence-corrected chi connectivity index (χ4v) is 3.70. The van der Waals surface area contributed by atoms with Gasteiger partial charge in [-0.25, -0.2) is 0 Å². The van der Waals surface area contributed by atoms with Crippen LogP contribution in [0.1, 0.15) is 12.5 Å². The van der Waals surface area contributed by atoms with Crippen molar-refractivity contribution in [2.24, 2.45) is 7.05 Å². The summed E-state index contributed by atoms with van der Waals surface area (Å²) in [5.41, 5.74) is 1.89. The minimum Gasteiger partial charge on any atom is -0.479 e. The van der Waals surface area contributed by atoms with Crippen LogP contribution in [0.5, 0.6) is 5.88 Å². The molecule has 0 saturated carbocycles. The van der Waals surface area contributed by atoms with Crippen molar-refractivity contribution in [1.82, 2.24) is 24.5 Å². The van der Waals surface area contributed by atoms with Crippen molar-refractivity contribution in [2.75, 3.05) is 7.11 Å². The Morgan fingerprint density at radius 1 is 1.20 bits per heavy atom. The summed E-state index contributed by atoms with van der Waals surface area (Å²) in [6, 6.07) is 5.63. The summed E-state index contributed by atoms with van der Waals surface area (Å²) in [6.07, 6.45) is 1.88. The Morgan fingerprint density at radius 2 is 2.00 bits per heavy atom. The lowest BCUT2D eigenvalue weighted by Crippen LogP contribution is -2.00. The summed E-state index contributed by atoms with van der Waals surface area (Å²) in [6.45, 7) is 2.79. The summed E-state index contributed by atoms with van der Waals surface area (Å²) in [7, 11) is 3.44. The summed E-state index contributed by atoms with van der Waals surface area (Å²) >= 11 is 13.6. The predicted molar refractivity (Wildman–Crippen MR) is 100 cm³/mol. The maximum Gasteiger partial charge on any atom is 0.243 e. The largest absolute Gasteiger partial charge is 0.479 e. The van der Waals surface area contributed by atoms with Crippen molar-refractivity contribution in [3.05, 3.63) is 40.0 Å². The first-order chi connectivity index (χ1) is 12.0. The van der Waals surface area contributed by atoms with Crippen LogP contribution < -0.4 is 4.74 Å². The molecule has 1 aromatic carbocycles. The molecule has 3 aromatic rings. The summed E-state index contributed by atoms with van der Waals surface area (Å²) in [5, 5.41) is 14.9. The highest BCUT2D eigenvalue weighted by Gasteiger charge is 2.19. The van der Waals surface area contributed by atoms with Crippen molar-refractivity contribution in [1.29, 1.82) is 0 Å². The Hall–Kier alpha value is -1.70. The van der Waals surface area contributed by atoms with Crippen LogP contribution in [-0.4, -0.2) is 31.7 Å². The van der Waals surface area contributed by atoms with E-state index in [2.05, 4.69) is 22.2 Å². The molecule has 6 nitrogen and oxygen atoms in total. The SMILES string of the molecule is CCn1c(SCc2ccc(Cl)c(Cl)c2)nnc1-c1cn(C)nc1OC. The van der Waals surface area contributed by atoms with Crippen LogP contribution in [-0.2, 0) is 19.3 Å². The smallest absolute Gasteiger partial charge is 0.243 e. The average molecular weight is 398 g/mol. The lowest BCUT2D eigenvalue weighted by atomic mass is 10.2. The topological polar surface area (TPSA) is 57.8 Å². The number of rotatable bonds is 6. The van der Waals surface area contributed by atoms with Crippen LogP contribution in [0.15, 0.2) is 29.6 Å². The maximum atomic E-state index is 6.08. The quantitative estimate of drug-likeness (QED) is 0.580. The first kappa shape index (κ1) is 18.1. The highest BCUT2D eigenvalue weighted by Crippen LogP contribution is 2.31. The second kappa shape index (κ2) is 7.68. The van der Waals surface area contributed by atoms with Crippen LogP contribution in [0.3, 0.4) is 0 Å². The Morgan fingerprint density at radius 3 is 2.68 bits per heavy atom. The van der Waals surface area contributed by atoms with E-state index in [9.17, 15) is 0 Å². The van der Waals surface area contributed by atoms with Crippen LogP contribution in [0.25, 0.3) is 11.4 Å². The lowest BCUT2D eigenvalue weighted by Gasteiger charge is -2.07. The van der Waals surface area contributed by atoms with Crippen molar-refractivity contribution in [3.63, 3.8) is 0 Å². The molecule has 132 valence electrons. The van der Waals surface area contributed by atoms with Gasteiger partial charge in [0.1, 0.15) is 5.56 Å².